The molecule has 0 amide bonds. The third kappa shape index (κ3) is 8.28. The molecular weight excluding hydrogens is 374 g/mol. The molecule has 1 aliphatic heterocycles. The molecule has 0 saturated carbocycles. The highest BCUT2D eigenvalue weighted by Crippen LogP contribution is 2.15. The van der Waals surface area contributed by atoms with E-state index in [0.29, 0.717) is 0 Å². The van der Waals surface area contributed by atoms with Crippen LogP contribution in [0, 0.1) is 0 Å². The fraction of sp³-hybridized carbons (Fsp3) is 0.381. The summed E-state index contributed by atoms with van der Waals surface area (Å²) >= 11 is 0. The summed E-state index contributed by atoms with van der Waals surface area (Å²) in [5, 5.41) is 14.8. The molecule has 0 aliphatic carbocycles. The van der Waals surface area contributed by atoms with Gasteiger partial charge in [-0.2, -0.15) is 0 Å². The molecule has 1 aliphatic rings. The first-order valence-corrected chi connectivity index (χ1v) is 9.49. The Bertz CT molecular complexity index is 748. The second-order valence-corrected chi connectivity index (χ2v) is 6.60. The monoisotopic (exact) mass is 401 g/mol. The van der Waals surface area contributed by atoms with Gasteiger partial charge in [0.05, 0.1) is 6.61 Å². The van der Waals surface area contributed by atoms with E-state index in [1.807, 2.05) is 19.3 Å². The van der Waals surface area contributed by atoms with Gasteiger partial charge in [-0.15, -0.1) is 0 Å². The Morgan fingerprint density at radius 2 is 1.31 bits per heavy atom. The van der Waals surface area contributed by atoms with Crippen LogP contribution in [0.3, 0.4) is 0 Å². The zero-order chi connectivity index (χ0) is 21.1. The molecule has 0 atom stereocenters. The largest absolute Gasteiger partial charge is 0.494 e. The fourth-order valence-electron chi connectivity index (χ4n) is 2.97. The van der Waals surface area contributed by atoms with Crippen molar-refractivity contribution in [2.24, 2.45) is 0 Å². The van der Waals surface area contributed by atoms with Crippen LogP contribution in [0.2, 0.25) is 0 Å². The zero-order valence-electron chi connectivity index (χ0n) is 16.5. The van der Waals surface area contributed by atoms with Gasteiger partial charge in [0.25, 0.3) is 0 Å². The Morgan fingerprint density at radius 1 is 0.862 bits per heavy atom. The molecule has 29 heavy (non-hydrogen) atoms. The molecule has 0 unspecified atom stereocenters. The summed E-state index contributed by atoms with van der Waals surface area (Å²) in [7, 11) is 0. The van der Waals surface area contributed by atoms with Crippen molar-refractivity contribution >= 4 is 11.9 Å². The lowest BCUT2D eigenvalue weighted by atomic mass is 10.2. The number of aliphatic carboxylic acids is 2. The predicted octanol–water partition coefficient (Wildman–Crippen LogP) is 1.95. The maximum Gasteiger partial charge on any atom is 0.414 e. The zero-order valence-corrected chi connectivity index (χ0v) is 16.5. The van der Waals surface area contributed by atoms with Crippen LogP contribution >= 0.6 is 0 Å². The lowest BCUT2D eigenvalue weighted by Crippen LogP contribution is -2.45. The maximum absolute atomic E-state index is 9.10. The quantitative estimate of drug-likeness (QED) is 0.708. The first kappa shape index (κ1) is 22.3. The summed E-state index contributed by atoms with van der Waals surface area (Å²) in [4.78, 5) is 27.3. The number of pyridine rings is 1. The summed E-state index contributed by atoms with van der Waals surface area (Å²) in [6, 6.07) is 12.7. The van der Waals surface area contributed by atoms with Crippen molar-refractivity contribution in [1.82, 2.24) is 14.8 Å². The van der Waals surface area contributed by atoms with Gasteiger partial charge < -0.3 is 14.9 Å². The predicted molar refractivity (Wildman–Crippen MR) is 108 cm³/mol. The van der Waals surface area contributed by atoms with Crippen LogP contribution in [0.4, 0.5) is 0 Å². The van der Waals surface area contributed by atoms with Crippen LogP contribution < -0.4 is 4.74 Å². The Labute approximate surface area is 170 Å². The Kier molecular flexibility index (Phi) is 9.07. The molecule has 1 fully saturated rings. The number of hydrogen-bond donors (Lipinski definition) is 2. The number of carboxylic acid groups (broad SMARTS) is 2. The molecule has 8 heteroatoms. The first-order chi connectivity index (χ1) is 14.0. The average molecular weight is 401 g/mol. The van der Waals surface area contributed by atoms with Crippen molar-refractivity contribution in [1.29, 1.82) is 0 Å². The second-order valence-electron chi connectivity index (χ2n) is 6.60. The van der Waals surface area contributed by atoms with E-state index in [1.165, 1.54) is 11.1 Å². The van der Waals surface area contributed by atoms with E-state index in [9.17, 15) is 0 Å². The third-order valence-corrected chi connectivity index (χ3v) is 4.44. The number of hydrogen-bond acceptors (Lipinski definition) is 6. The summed E-state index contributed by atoms with van der Waals surface area (Å²) in [6.45, 7) is 9.28. The minimum absolute atomic E-state index is 0.721. The van der Waals surface area contributed by atoms with Crippen LogP contribution in [-0.2, 0) is 22.7 Å². The smallest absolute Gasteiger partial charge is 0.414 e. The molecule has 2 aromatic rings. The highest BCUT2D eigenvalue weighted by atomic mass is 16.5. The van der Waals surface area contributed by atoms with E-state index >= 15 is 0 Å². The summed E-state index contributed by atoms with van der Waals surface area (Å²) < 4.78 is 5.50. The summed E-state index contributed by atoms with van der Waals surface area (Å²) in [5.74, 6) is -2.69. The van der Waals surface area contributed by atoms with Gasteiger partial charge in [-0.3, -0.25) is 14.8 Å². The molecule has 1 aromatic heterocycles. The normalized spacial score (nSPS) is 14.5. The number of benzene rings is 1. The van der Waals surface area contributed by atoms with Crippen LogP contribution in [0.25, 0.3) is 0 Å². The Hall–Kier alpha value is -2.97. The van der Waals surface area contributed by atoms with Gasteiger partial charge in [-0.25, -0.2) is 9.59 Å². The van der Waals surface area contributed by atoms with E-state index in [1.54, 1.807) is 0 Å². The second kappa shape index (κ2) is 11.8. The molecule has 2 heterocycles. The Morgan fingerprint density at radius 3 is 1.72 bits per heavy atom. The topological polar surface area (TPSA) is 103 Å². The number of ether oxygens (including phenoxy) is 1. The van der Waals surface area contributed by atoms with Gasteiger partial charge in [0.1, 0.15) is 5.75 Å². The molecule has 1 saturated heterocycles. The average Bonchev–Trinajstić information content (AvgIpc) is 2.72. The van der Waals surface area contributed by atoms with Crippen molar-refractivity contribution in [2.75, 3.05) is 32.8 Å². The van der Waals surface area contributed by atoms with Gasteiger partial charge in [-0.05, 0) is 42.3 Å². The van der Waals surface area contributed by atoms with Gasteiger partial charge in [0.15, 0.2) is 0 Å². The van der Waals surface area contributed by atoms with Crippen LogP contribution in [-0.4, -0.2) is 69.7 Å². The number of piperazine rings is 1. The lowest BCUT2D eigenvalue weighted by molar-refractivity contribution is -0.159. The van der Waals surface area contributed by atoms with Gasteiger partial charge >= 0.3 is 11.9 Å². The highest BCUT2D eigenvalue weighted by molar-refractivity contribution is 6.27. The van der Waals surface area contributed by atoms with Crippen LogP contribution in [0.5, 0.6) is 5.75 Å². The summed E-state index contributed by atoms with van der Waals surface area (Å²) in [6.07, 6.45) is 3.75. The Balaban J connectivity index is 0.000000438. The van der Waals surface area contributed by atoms with Crippen molar-refractivity contribution in [3.8, 4) is 5.75 Å². The van der Waals surface area contributed by atoms with Crippen LogP contribution in [0.1, 0.15) is 18.1 Å². The number of carbonyl (C=O) groups is 2. The van der Waals surface area contributed by atoms with Gasteiger partial charge in [0, 0.05) is 51.7 Å². The fourth-order valence-corrected chi connectivity index (χ4v) is 2.97. The third-order valence-electron chi connectivity index (χ3n) is 4.44. The summed E-state index contributed by atoms with van der Waals surface area (Å²) in [5.41, 5.74) is 2.70. The van der Waals surface area contributed by atoms with E-state index in [0.717, 1.165) is 51.6 Å². The van der Waals surface area contributed by atoms with E-state index < -0.39 is 11.9 Å². The van der Waals surface area contributed by atoms with Crippen molar-refractivity contribution < 1.29 is 24.5 Å². The molecule has 8 nitrogen and oxygen atoms in total. The maximum atomic E-state index is 9.10. The van der Waals surface area contributed by atoms with Crippen molar-refractivity contribution in [3.05, 3.63) is 59.9 Å². The molecule has 0 spiro atoms. The van der Waals surface area contributed by atoms with E-state index in [4.69, 9.17) is 24.5 Å². The molecule has 0 bridgehead atoms. The first-order valence-electron chi connectivity index (χ1n) is 9.49. The van der Waals surface area contributed by atoms with Crippen molar-refractivity contribution in [3.63, 3.8) is 0 Å². The number of carboxylic acids is 2. The minimum atomic E-state index is -1.82. The van der Waals surface area contributed by atoms with Crippen molar-refractivity contribution in [2.45, 2.75) is 20.0 Å². The standard InChI is InChI=1S/C19H25N3O.C2H2O4/c1-2-23-19-5-3-17(4-6-19)15-21-11-13-22(14-12-21)16-18-7-9-20-10-8-18;3-1(4)2(5)6/h3-10H,2,11-16H2,1H3;(H,3,4)(H,5,6). The molecule has 156 valence electrons. The number of nitrogens with zero attached hydrogens (tertiary/aromatic N) is 3. The SMILES string of the molecule is CCOc1ccc(CN2CCN(Cc3ccncc3)CC2)cc1.O=C(O)C(=O)O. The van der Waals surface area contributed by atoms with Gasteiger partial charge in [0.2, 0.25) is 0 Å². The van der Waals surface area contributed by atoms with Gasteiger partial charge in [-0.1, -0.05) is 12.1 Å². The van der Waals surface area contributed by atoms with E-state index in [-0.39, 0.29) is 0 Å². The molecule has 3 rings (SSSR count). The molecule has 0 radical (unpaired) electrons. The highest BCUT2D eigenvalue weighted by Gasteiger charge is 2.17. The molecular formula is C21H27N3O5. The number of rotatable bonds is 6. The molecule has 2 N–H and O–H groups in total. The molecule has 1 aromatic carbocycles. The van der Waals surface area contributed by atoms with Crippen LogP contribution in [0.15, 0.2) is 48.8 Å². The number of aromatic nitrogens is 1. The lowest BCUT2D eigenvalue weighted by Gasteiger charge is -2.34. The van der Waals surface area contributed by atoms with E-state index in [2.05, 4.69) is 51.2 Å². The minimum Gasteiger partial charge on any atom is -0.494 e.